The van der Waals surface area contributed by atoms with Gasteiger partial charge in [0.15, 0.2) is 0 Å². The maximum atomic E-state index is 5.51. The molecule has 1 atom stereocenters. The Kier molecular flexibility index (Phi) is 13.2. The molecule has 0 fully saturated rings. The van der Waals surface area contributed by atoms with Gasteiger partial charge >= 0.3 is 0 Å². The number of hydrogen-bond donors (Lipinski definition) is 1. The quantitative estimate of drug-likeness (QED) is 0.514. The lowest BCUT2D eigenvalue weighted by atomic mass is 10.1. The zero-order valence-corrected chi connectivity index (χ0v) is 13.0. The molecule has 1 unspecified atom stereocenters. The summed E-state index contributed by atoms with van der Waals surface area (Å²) in [6.45, 7) is 16.4. The van der Waals surface area contributed by atoms with Crippen LogP contribution >= 0.6 is 0 Å². The molecule has 0 spiro atoms. The molecule has 0 aromatic heterocycles. The summed E-state index contributed by atoms with van der Waals surface area (Å²) in [5, 5.41) is 3.45. The van der Waals surface area contributed by atoms with E-state index in [1.54, 1.807) is 0 Å². The zero-order chi connectivity index (χ0) is 13.6. The summed E-state index contributed by atoms with van der Waals surface area (Å²) in [6, 6.07) is 0. The number of nitrogens with zero attached hydrogens (tertiary/aromatic N) is 1. The lowest BCUT2D eigenvalue weighted by Gasteiger charge is -2.23. The molecule has 0 aliphatic rings. The first kappa shape index (κ1) is 17.9. The van der Waals surface area contributed by atoms with Gasteiger partial charge < -0.3 is 15.0 Å². The molecule has 110 valence electrons. The number of likely N-dealkylation sites (N-methyl/N-ethyl adjacent to an activating group) is 1. The lowest BCUT2D eigenvalue weighted by Crippen LogP contribution is -2.35. The molecule has 0 bridgehead atoms. The SMILES string of the molecule is CCCCOCCNCCN(CC)CC(C)CC. The number of nitrogens with one attached hydrogen (secondary N) is 1. The van der Waals surface area contributed by atoms with Crippen LogP contribution in [-0.2, 0) is 4.74 Å². The van der Waals surface area contributed by atoms with Crippen molar-refractivity contribution in [3.05, 3.63) is 0 Å². The van der Waals surface area contributed by atoms with E-state index in [2.05, 4.69) is 37.9 Å². The average molecular weight is 258 g/mol. The molecule has 0 radical (unpaired) electrons. The van der Waals surface area contributed by atoms with Gasteiger partial charge in [-0.3, -0.25) is 0 Å². The molecule has 0 aromatic carbocycles. The molecule has 3 nitrogen and oxygen atoms in total. The van der Waals surface area contributed by atoms with Crippen molar-refractivity contribution >= 4 is 0 Å². The van der Waals surface area contributed by atoms with Gasteiger partial charge in [0, 0.05) is 32.8 Å². The van der Waals surface area contributed by atoms with Crippen molar-refractivity contribution in [1.82, 2.24) is 10.2 Å². The molecule has 0 saturated carbocycles. The summed E-state index contributed by atoms with van der Waals surface area (Å²) in [6.07, 6.45) is 3.67. The van der Waals surface area contributed by atoms with Crippen LogP contribution in [-0.4, -0.2) is 50.8 Å². The topological polar surface area (TPSA) is 24.5 Å². The van der Waals surface area contributed by atoms with Crippen molar-refractivity contribution in [3.8, 4) is 0 Å². The van der Waals surface area contributed by atoms with E-state index in [9.17, 15) is 0 Å². The van der Waals surface area contributed by atoms with Gasteiger partial charge in [-0.25, -0.2) is 0 Å². The Morgan fingerprint density at radius 3 is 2.50 bits per heavy atom. The van der Waals surface area contributed by atoms with Crippen LogP contribution in [0, 0.1) is 5.92 Å². The highest BCUT2D eigenvalue weighted by Crippen LogP contribution is 2.03. The van der Waals surface area contributed by atoms with Crippen LogP contribution in [0.2, 0.25) is 0 Å². The first-order chi connectivity index (χ1) is 8.74. The van der Waals surface area contributed by atoms with Crippen LogP contribution in [0.25, 0.3) is 0 Å². The Balaban J connectivity index is 3.34. The van der Waals surface area contributed by atoms with Gasteiger partial charge in [0.05, 0.1) is 6.61 Å². The van der Waals surface area contributed by atoms with Gasteiger partial charge in [-0.15, -0.1) is 0 Å². The summed E-state index contributed by atoms with van der Waals surface area (Å²) in [5.74, 6) is 0.808. The minimum absolute atomic E-state index is 0.808. The van der Waals surface area contributed by atoms with Crippen molar-refractivity contribution in [2.45, 2.75) is 47.0 Å². The van der Waals surface area contributed by atoms with Crippen molar-refractivity contribution in [3.63, 3.8) is 0 Å². The van der Waals surface area contributed by atoms with Gasteiger partial charge in [-0.2, -0.15) is 0 Å². The van der Waals surface area contributed by atoms with E-state index >= 15 is 0 Å². The third kappa shape index (κ3) is 11.0. The van der Waals surface area contributed by atoms with E-state index in [0.29, 0.717) is 0 Å². The summed E-state index contributed by atoms with van der Waals surface area (Å²) in [7, 11) is 0. The molecular formula is C15H34N2O. The fourth-order valence-corrected chi connectivity index (χ4v) is 1.80. The lowest BCUT2D eigenvalue weighted by molar-refractivity contribution is 0.132. The molecule has 0 amide bonds. The van der Waals surface area contributed by atoms with Crippen LogP contribution in [0.4, 0.5) is 0 Å². The third-order valence-corrected chi connectivity index (χ3v) is 3.38. The summed E-state index contributed by atoms with van der Waals surface area (Å²) in [4.78, 5) is 2.53. The number of ether oxygens (including phenoxy) is 1. The molecule has 0 aliphatic carbocycles. The molecule has 0 aromatic rings. The van der Waals surface area contributed by atoms with Crippen LogP contribution < -0.4 is 5.32 Å². The molecule has 0 aliphatic heterocycles. The van der Waals surface area contributed by atoms with Crippen LogP contribution in [0.3, 0.4) is 0 Å². The molecule has 0 rings (SSSR count). The fraction of sp³-hybridized carbons (Fsp3) is 1.00. The van der Waals surface area contributed by atoms with E-state index in [-0.39, 0.29) is 0 Å². The summed E-state index contributed by atoms with van der Waals surface area (Å²) >= 11 is 0. The zero-order valence-electron chi connectivity index (χ0n) is 13.0. The second kappa shape index (κ2) is 13.3. The Morgan fingerprint density at radius 1 is 1.11 bits per heavy atom. The van der Waals surface area contributed by atoms with E-state index in [1.807, 2.05) is 0 Å². The molecule has 3 heteroatoms. The monoisotopic (exact) mass is 258 g/mol. The van der Waals surface area contributed by atoms with Gasteiger partial charge in [0.1, 0.15) is 0 Å². The van der Waals surface area contributed by atoms with Crippen molar-refractivity contribution < 1.29 is 4.74 Å². The fourth-order valence-electron chi connectivity index (χ4n) is 1.80. The first-order valence-electron chi connectivity index (χ1n) is 7.75. The highest BCUT2D eigenvalue weighted by molar-refractivity contribution is 4.62. The van der Waals surface area contributed by atoms with Crippen molar-refractivity contribution in [2.24, 2.45) is 5.92 Å². The van der Waals surface area contributed by atoms with Gasteiger partial charge in [0.25, 0.3) is 0 Å². The molecular weight excluding hydrogens is 224 g/mol. The highest BCUT2D eigenvalue weighted by atomic mass is 16.5. The normalized spacial score (nSPS) is 13.2. The van der Waals surface area contributed by atoms with E-state index in [1.165, 1.54) is 25.8 Å². The predicted octanol–water partition coefficient (Wildman–Crippen LogP) is 2.76. The Hall–Kier alpha value is -0.120. The maximum absolute atomic E-state index is 5.51. The smallest absolute Gasteiger partial charge is 0.0590 e. The Bertz CT molecular complexity index is 165. The average Bonchev–Trinajstić information content (AvgIpc) is 2.40. The Labute approximate surface area is 114 Å². The third-order valence-electron chi connectivity index (χ3n) is 3.38. The molecule has 0 saturated heterocycles. The van der Waals surface area contributed by atoms with Gasteiger partial charge in [-0.1, -0.05) is 40.5 Å². The highest BCUT2D eigenvalue weighted by Gasteiger charge is 2.06. The van der Waals surface area contributed by atoms with E-state index in [4.69, 9.17) is 4.74 Å². The second-order valence-corrected chi connectivity index (χ2v) is 5.12. The van der Waals surface area contributed by atoms with E-state index in [0.717, 1.165) is 45.3 Å². The maximum Gasteiger partial charge on any atom is 0.0590 e. The van der Waals surface area contributed by atoms with Crippen LogP contribution in [0.5, 0.6) is 0 Å². The molecule has 1 N–H and O–H groups in total. The molecule has 18 heavy (non-hydrogen) atoms. The second-order valence-electron chi connectivity index (χ2n) is 5.12. The minimum atomic E-state index is 0.808. The Morgan fingerprint density at radius 2 is 1.89 bits per heavy atom. The van der Waals surface area contributed by atoms with Crippen LogP contribution in [0.15, 0.2) is 0 Å². The van der Waals surface area contributed by atoms with Gasteiger partial charge in [0.2, 0.25) is 0 Å². The number of unbranched alkanes of at least 4 members (excludes halogenated alkanes) is 1. The van der Waals surface area contributed by atoms with E-state index < -0.39 is 0 Å². The minimum Gasteiger partial charge on any atom is -0.380 e. The standard InChI is InChI=1S/C15H34N2O/c1-5-8-12-18-13-10-16-9-11-17(7-3)14-15(4)6-2/h15-16H,5-14H2,1-4H3. The predicted molar refractivity (Wildman–Crippen MR) is 80.2 cm³/mol. The van der Waals surface area contributed by atoms with Crippen molar-refractivity contribution in [1.29, 1.82) is 0 Å². The summed E-state index contributed by atoms with van der Waals surface area (Å²) in [5.41, 5.74) is 0. The first-order valence-corrected chi connectivity index (χ1v) is 7.75. The molecule has 0 heterocycles. The number of hydrogen-bond acceptors (Lipinski definition) is 3. The van der Waals surface area contributed by atoms with Crippen LogP contribution in [0.1, 0.15) is 47.0 Å². The largest absolute Gasteiger partial charge is 0.380 e. The summed E-state index contributed by atoms with van der Waals surface area (Å²) < 4.78 is 5.51. The number of rotatable bonds is 13. The van der Waals surface area contributed by atoms with Gasteiger partial charge in [-0.05, 0) is 18.9 Å². The van der Waals surface area contributed by atoms with Crippen molar-refractivity contribution in [2.75, 3.05) is 45.9 Å².